The van der Waals surface area contributed by atoms with E-state index < -0.39 is 0 Å². The van der Waals surface area contributed by atoms with E-state index in [0.29, 0.717) is 5.25 Å². The fourth-order valence-electron chi connectivity index (χ4n) is 3.03. The first kappa shape index (κ1) is 17.2. The van der Waals surface area contributed by atoms with Gasteiger partial charge in [0, 0.05) is 35.0 Å². The Kier molecular flexibility index (Phi) is 5.28. The molecule has 0 aliphatic carbocycles. The Morgan fingerprint density at radius 1 is 0.962 bits per heavy atom. The SMILES string of the molecule is Clc1ccc(CSC(Cn2ccnc2)c2ccc3ccccc3c2)cc1. The molecular formula is C22H19ClN2S. The van der Waals surface area contributed by atoms with Gasteiger partial charge in [0.25, 0.3) is 0 Å². The Morgan fingerprint density at radius 3 is 2.54 bits per heavy atom. The van der Waals surface area contributed by atoms with Gasteiger partial charge in [-0.05, 0) is 40.1 Å². The van der Waals surface area contributed by atoms with Gasteiger partial charge in [0.15, 0.2) is 0 Å². The van der Waals surface area contributed by atoms with Gasteiger partial charge in [-0.25, -0.2) is 4.98 Å². The number of halogens is 1. The third-order valence-electron chi connectivity index (χ3n) is 4.45. The summed E-state index contributed by atoms with van der Waals surface area (Å²) in [5.41, 5.74) is 2.63. The van der Waals surface area contributed by atoms with E-state index in [1.165, 1.54) is 21.9 Å². The second-order valence-corrected chi connectivity index (χ2v) is 7.92. The van der Waals surface area contributed by atoms with Gasteiger partial charge in [-0.2, -0.15) is 0 Å². The molecule has 0 saturated carbocycles. The Balaban J connectivity index is 1.59. The number of hydrogen-bond acceptors (Lipinski definition) is 2. The predicted molar refractivity (Wildman–Crippen MR) is 112 cm³/mol. The number of thioether (sulfide) groups is 1. The highest BCUT2D eigenvalue weighted by atomic mass is 35.5. The van der Waals surface area contributed by atoms with Gasteiger partial charge in [0.05, 0.1) is 6.33 Å². The number of hydrogen-bond donors (Lipinski definition) is 0. The fraction of sp³-hybridized carbons (Fsp3) is 0.136. The fourth-order valence-corrected chi connectivity index (χ4v) is 4.35. The first-order chi connectivity index (χ1) is 12.8. The third kappa shape index (κ3) is 4.12. The normalized spacial score (nSPS) is 12.3. The maximum absolute atomic E-state index is 6.00. The maximum Gasteiger partial charge on any atom is 0.0946 e. The standard InChI is InChI=1S/C22H19ClN2S/c23-21-9-5-17(6-10-21)15-26-22(14-25-12-11-24-16-25)20-8-7-18-3-1-2-4-19(18)13-20/h1-13,16,22H,14-15H2. The number of aromatic nitrogens is 2. The van der Waals surface area contributed by atoms with Gasteiger partial charge in [-0.1, -0.05) is 60.1 Å². The zero-order chi connectivity index (χ0) is 17.8. The van der Waals surface area contributed by atoms with Crippen LogP contribution in [0.15, 0.2) is 85.5 Å². The van der Waals surface area contributed by atoms with Crippen LogP contribution >= 0.6 is 23.4 Å². The first-order valence-electron chi connectivity index (χ1n) is 8.58. The summed E-state index contributed by atoms with van der Waals surface area (Å²) in [5, 5.41) is 3.70. The average Bonchev–Trinajstić information content (AvgIpc) is 3.19. The molecule has 1 atom stereocenters. The quantitative estimate of drug-likeness (QED) is 0.388. The van der Waals surface area contributed by atoms with E-state index in [1.54, 1.807) is 0 Å². The molecule has 1 unspecified atom stereocenters. The van der Waals surface area contributed by atoms with E-state index in [1.807, 2.05) is 42.6 Å². The molecule has 130 valence electrons. The van der Waals surface area contributed by atoms with Gasteiger partial charge in [0.2, 0.25) is 0 Å². The van der Waals surface area contributed by atoms with Crippen LogP contribution in [-0.2, 0) is 12.3 Å². The van der Waals surface area contributed by atoms with Gasteiger partial charge in [-0.3, -0.25) is 0 Å². The molecule has 3 aromatic carbocycles. The minimum atomic E-state index is 0.351. The van der Waals surface area contributed by atoms with Crippen molar-refractivity contribution in [2.24, 2.45) is 0 Å². The van der Waals surface area contributed by atoms with E-state index in [-0.39, 0.29) is 0 Å². The smallest absolute Gasteiger partial charge is 0.0946 e. The zero-order valence-corrected chi connectivity index (χ0v) is 15.8. The molecule has 4 heteroatoms. The molecule has 0 bridgehead atoms. The van der Waals surface area contributed by atoms with Crippen molar-refractivity contribution in [3.8, 4) is 0 Å². The summed E-state index contributed by atoms with van der Waals surface area (Å²) in [6.45, 7) is 0.899. The van der Waals surface area contributed by atoms with Crippen molar-refractivity contribution in [2.45, 2.75) is 17.5 Å². The highest BCUT2D eigenvalue weighted by Gasteiger charge is 2.14. The molecule has 1 heterocycles. The Morgan fingerprint density at radius 2 is 1.77 bits per heavy atom. The lowest BCUT2D eigenvalue weighted by Crippen LogP contribution is -2.05. The molecular weight excluding hydrogens is 360 g/mol. The summed E-state index contributed by atoms with van der Waals surface area (Å²) in [4.78, 5) is 4.19. The molecule has 4 aromatic rings. The van der Waals surface area contributed by atoms with Gasteiger partial charge >= 0.3 is 0 Å². The van der Waals surface area contributed by atoms with Crippen molar-refractivity contribution in [3.63, 3.8) is 0 Å². The summed E-state index contributed by atoms with van der Waals surface area (Å²) in [6.07, 6.45) is 5.75. The van der Waals surface area contributed by atoms with Crippen LogP contribution in [0.4, 0.5) is 0 Å². The largest absolute Gasteiger partial charge is 0.336 e. The second-order valence-electron chi connectivity index (χ2n) is 6.29. The topological polar surface area (TPSA) is 17.8 Å². The van der Waals surface area contributed by atoms with Crippen molar-refractivity contribution in [1.29, 1.82) is 0 Å². The minimum absolute atomic E-state index is 0.351. The Labute approximate surface area is 162 Å². The molecule has 0 aliphatic heterocycles. The van der Waals surface area contributed by atoms with E-state index in [0.717, 1.165) is 17.3 Å². The molecule has 0 radical (unpaired) electrons. The highest BCUT2D eigenvalue weighted by molar-refractivity contribution is 7.98. The third-order valence-corrected chi connectivity index (χ3v) is 6.02. The van der Waals surface area contributed by atoms with Crippen LogP contribution in [0.25, 0.3) is 10.8 Å². The predicted octanol–water partition coefficient (Wildman–Crippen LogP) is 6.36. The molecule has 26 heavy (non-hydrogen) atoms. The molecule has 1 aromatic heterocycles. The molecule has 0 aliphatic rings. The van der Waals surface area contributed by atoms with Crippen LogP contribution in [0.2, 0.25) is 5.02 Å². The monoisotopic (exact) mass is 378 g/mol. The van der Waals surface area contributed by atoms with Crippen LogP contribution in [0.1, 0.15) is 16.4 Å². The van der Waals surface area contributed by atoms with E-state index in [2.05, 4.69) is 64.1 Å². The van der Waals surface area contributed by atoms with E-state index >= 15 is 0 Å². The second kappa shape index (κ2) is 7.98. The Hall–Kier alpha value is -2.23. The molecule has 0 N–H and O–H groups in total. The highest BCUT2D eigenvalue weighted by Crippen LogP contribution is 2.34. The van der Waals surface area contributed by atoms with Crippen LogP contribution < -0.4 is 0 Å². The van der Waals surface area contributed by atoms with E-state index in [9.17, 15) is 0 Å². The number of fused-ring (bicyclic) bond motifs is 1. The van der Waals surface area contributed by atoms with Crippen molar-refractivity contribution < 1.29 is 0 Å². The van der Waals surface area contributed by atoms with Crippen LogP contribution in [0.5, 0.6) is 0 Å². The first-order valence-corrected chi connectivity index (χ1v) is 10.0. The summed E-state index contributed by atoms with van der Waals surface area (Å²) in [7, 11) is 0. The van der Waals surface area contributed by atoms with Crippen molar-refractivity contribution >= 4 is 34.1 Å². The lowest BCUT2D eigenvalue weighted by atomic mass is 10.0. The molecule has 0 amide bonds. The van der Waals surface area contributed by atoms with Crippen molar-refractivity contribution in [3.05, 3.63) is 102 Å². The number of rotatable bonds is 6. The number of imidazole rings is 1. The van der Waals surface area contributed by atoms with Gasteiger partial charge < -0.3 is 4.57 Å². The van der Waals surface area contributed by atoms with Crippen LogP contribution in [0.3, 0.4) is 0 Å². The van der Waals surface area contributed by atoms with Crippen molar-refractivity contribution in [2.75, 3.05) is 0 Å². The maximum atomic E-state index is 6.00. The summed E-state index contributed by atoms with van der Waals surface area (Å²) in [6, 6.07) is 23.4. The summed E-state index contributed by atoms with van der Waals surface area (Å²) < 4.78 is 2.15. The van der Waals surface area contributed by atoms with E-state index in [4.69, 9.17) is 11.6 Å². The van der Waals surface area contributed by atoms with Crippen molar-refractivity contribution in [1.82, 2.24) is 9.55 Å². The van der Waals surface area contributed by atoms with Gasteiger partial charge in [-0.15, -0.1) is 11.8 Å². The van der Waals surface area contributed by atoms with Crippen LogP contribution in [-0.4, -0.2) is 9.55 Å². The van der Waals surface area contributed by atoms with Gasteiger partial charge in [0.1, 0.15) is 0 Å². The summed E-state index contributed by atoms with van der Waals surface area (Å²) in [5.74, 6) is 0.948. The lowest BCUT2D eigenvalue weighted by molar-refractivity contribution is 0.683. The molecule has 0 spiro atoms. The molecule has 0 fully saturated rings. The molecule has 4 rings (SSSR count). The van der Waals surface area contributed by atoms with Crippen LogP contribution in [0, 0.1) is 0 Å². The average molecular weight is 379 g/mol. The summed E-state index contributed by atoms with van der Waals surface area (Å²) >= 11 is 7.95. The number of benzene rings is 3. The lowest BCUT2D eigenvalue weighted by Gasteiger charge is -2.18. The molecule has 0 saturated heterocycles. The minimum Gasteiger partial charge on any atom is -0.336 e. The Bertz CT molecular complexity index is 981. The molecule has 2 nitrogen and oxygen atoms in total. The zero-order valence-electron chi connectivity index (χ0n) is 14.3. The number of nitrogens with zero attached hydrogens (tertiary/aromatic N) is 2.